The Hall–Kier alpha value is -1.73. The van der Waals surface area contributed by atoms with Crippen LogP contribution in [0.1, 0.15) is 45.7 Å². The van der Waals surface area contributed by atoms with Crippen molar-refractivity contribution in [3.05, 3.63) is 12.0 Å². The normalized spacial score (nSPS) is 20.5. The van der Waals surface area contributed by atoms with E-state index in [2.05, 4.69) is 59.3 Å². The summed E-state index contributed by atoms with van der Waals surface area (Å²) in [5, 5.41) is 16.0. The molecule has 2 aromatic rings. The molecule has 1 aliphatic heterocycles. The maximum absolute atomic E-state index is 9.98. The Morgan fingerprint density at radius 3 is 2.70 bits per heavy atom. The topological polar surface area (TPSA) is 70.3 Å². The number of fused-ring (bicyclic) bond motifs is 1. The first-order chi connectivity index (χ1) is 13.0. The van der Waals surface area contributed by atoms with Crippen LogP contribution in [0.3, 0.4) is 0 Å². The van der Waals surface area contributed by atoms with Gasteiger partial charge in [-0.2, -0.15) is 5.10 Å². The zero-order valence-electron chi connectivity index (χ0n) is 17.4. The Labute approximate surface area is 162 Å². The van der Waals surface area contributed by atoms with Crippen LogP contribution in [0, 0.1) is 5.92 Å². The van der Waals surface area contributed by atoms with E-state index in [4.69, 9.17) is 5.10 Å². The quantitative estimate of drug-likeness (QED) is 0.765. The highest BCUT2D eigenvalue weighted by molar-refractivity contribution is 5.90. The molecule has 3 rings (SSSR count). The van der Waals surface area contributed by atoms with E-state index in [0.29, 0.717) is 12.0 Å². The summed E-state index contributed by atoms with van der Waals surface area (Å²) in [6.45, 7) is 8.51. The minimum Gasteiger partial charge on any atom is -0.394 e. The molecule has 1 N–H and O–H groups in total. The predicted molar refractivity (Wildman–Crippen MR) is 109 cm³/mol. The molecule has 150 valence electrons. The molecule has 1 fully saturated rings. The molecule has 0 unspecified atom stereocenters. The molecule has 3 heterocycles. The highest BCUT2D eigenvalue weighted by Crippen LogP contribution is 2.33. The van der Waals surface area contributed by atoms with Crippen molar-refractivity contribution in [2.75, 3.05) is 32.1 Å². The summed E-state index contributed by atoms with van der Waals surface area (Å²) in [6.07, 6.45) is 5.71. The monoisotopic (exact) mass is 374 g/mol. The second-order valence-electron chi connectivity index (χ2n) is 8.36. The molecule has 0 amide bonds. The minimum absolute atomic E-state index is 0.0846. The number of anilines is 1. The number of hydrogen-bond donors (Lipinski definition) is 1. The van der Waals surface area contributed by atoms with Gasteiger partial charge in [-0.3, -0.25) is 0 Å². The predicted octanol–water partition coefficient (Wildman–Crippen LogP) is 2.33. The Morgan fingerprint density at radius 1 is 1.30 bits per heavy atom. The average Bonchev–Trinajstić information content (AvgIpc) is 3.21. The van der Waals surface area contributed by atoms with Gasteiger partial charge in [0, 0.05) is 19.1 Å². The molecule has 0 spiro atoms. The molecule has 1 saturated heterocycles. The van der Waals surface area contributed by atoms with Crippen molar-refractivity contribution < 1.29 is 5.11 Å². The fourth-order valence-electron chi connectivity index (χ4n) is 3.97. The van der Waals surface area contributed by atoms with E-state index in [1.165, 1.54) is 0 Å². The summed E-state index contributed by atoms with van der Waals surface area (Å²) < 4.78 is 2.05. The number of aliphatic hydroxyl groups excluding tert-OH is 1. The summed E-state index contributed by atoms with van der Waals surface area (Å²) in [6, 6.07) is 0.497. The third kappa shape index (κ3) is 4.09. The fourth-order valence-corrected chi connectivity index (χ4v) is 3.97. The van der Waals surface area contributed by atoms with E-state index in [1.807, 2.05) is 0 Å². The van der Waals surface area contributed by atoms with Crippen LogP contribution in [0.15, 0.2) is 6.33 Å². The molecule has 2 aromatic heterocycles. The maximum Gasteiger partial charge on any atom is 0.163 e. The summed E-state index contributed by atoms with van der Waals surface area (Å²) in [5.74, 6) is 1.44. The molecular weight excluding hydrogens is 340 g/mol. The maximum atomic E-state index is 9.98. The number of hydrogen-bond acceptors (Lipinski definition) is 6. The summed E-state index contributed by atoms with van der Waals surface area (Å²) in [4.78, 5) is 13.8. The zero-order valence-corrected chi connectivity index (χ0v) is 17.4. The third-order valence-electron chi connectivity index (χ3n) is 5.51. The Kier molecular flexibility index (Phi) is 6.32. The van der Waals surface area contributed by atoms with Crippen LogP contribution in [0.2, 0.25) is 0 Å². The second-order valence-corrected chi connectivity index (χ2v) is 8.36. The minimum atomic E-state index is 0.0846. The van der Waals surface area contributed by atoms with Crippen LogP contribution >= 0.6 is 0 Å². The van der Waals surface area contributed by atoms with E-state index in [1.54, 1.807) is 6.33 Å². The number of aromatic nitrogens is 4. The highest BCUT2D eigenvalue weighted by atomic mass is 16.3. The van der Waals surface area contributed by atoms with Crippen LogP contribution in [0.25, 0.3) is 11.0 Å². The molecule has 1 aliphatic rings. The van der Waals surface area contributed by atoms with Gasteiger partial charge in [-0.15, -0.1) is 0 Å². The first-order valence-corrected chi connectivity index (χ1v) is 10.2. The fraction of sp³-hybridized carbons (Fsp3) is 0.750. The lowest BCUT2D eigenvalue weighted by molar-refractivity contribution is 0.251. The molecule has 0 radical (unpaired) electrons. The number of aryl methyl sites for hydroxylation is 1. The van der Waals surface area contributed by atoms with Gasteiger partial charge in [0.15, 0.2) is 5.65 Å². The van der Waals surface area contributed by atoms with E-state index < -0.39 is 0 Å². The van der Waals surface area contributed by atoms with Crippen molar-refractivity contribution in [1.29, 1.82) is 0 Å². The smallest absolute Gasteiger partial charge is 0.163 e. The lowest BCUT2D eigenvalue weighted by atomic mass is 10.1. The molecule has 0 aliphatic carbocycles. The van der Waals surface area contributed by atoms with E-state index >= 15 is 0 Å². The molecule has 0 aromatic carbocycles. The van der Waals surface area contributed by atoms with Crippen LogP contribution in [-0.2, 0) is 13.0 Å². The summed E-state index contributed by atoms with van der Waals surface area (Å²) in [7, 11) is 4.20. The van der Waals surface area contributed by atoms with Gasteiger partial charge in [-0.1, -0.05) is 27.2 Å². The molecule has 7 nitrogen and oxygen atoms in total. The first-order valence-electron chi connectivity index (χ1n) is 10.2. The molecule has 2 atom stereocenters. The van der Waals surface area contributed by atoms with Gasteiger partial charge in [-0.25, -0.2) is 14.6 Å². The Balaban J connectivity index is 2.08. The van der Waals surface area contributed by atoms with Gasteiger partial charge in [0.2, 0.25) is 0 Å². The van der Waals surface area contributed by atoms with Gasteiger partial charge in [-0.05, 0) is 39.3 Å². The van der Waals surface area contributed by atoms with Crippen LogP contribution in [-0.4, -0.2) is 69.1 Å². The summed E-state index contributed by atoms with van der Waals surface area (Å²) >= 11 is 0. The number of unbranched alkanes of at least 4 members (excludes halogenated alkanes) is 1. The lowest BCUT2D eigenvalue weighted by Gasteiger charge is -2.25. The standard InChI is InChI=1S/C20H34N6O/c1-6-7-8-26-20-18(17(23-26)9-14(2)3)19(21-13-22-20)25-11-15(24(4)5)10-16(25)12-27/h13-16,27H,6-12H2,1-5H3/t15-,16+/m1/s1. The van der Waals surface area contributed by atoms with Crippen molar-refractivity contribution >= 4 is 16.9 Å². The van der Waals surface area contributed by atoms with Gasteiger partial charge in [0.25, 0.3) is 0 Å². The average molecular weight is 375 g/mol. The van der Waals surface area contributed by atoms with Gasteiger partial charge < -0.3 is 14.9 Å². The highest BCUT2D eigenvalue weighted by Gasteiger charge is 2.35. The largest absolute Gasteiger partial charge is 0.394 e. The molecule has 27 heavy (non-hydrogen) atoms. The van der Waals surface area contributed by atoms with Crippen LogP contribution in [0.4, 0.5) is 5.82 Å². The number of nitrogens with zero attached hydrogens (tertiary/aromatic N) is 6. The number of aliphatic hydroxyl groups is 1. The van der Waals surface area contributed by atoms with Gasteiger partial charge >= 0.3 is 0 Å². The molecule has 0 bridgehead atoms. The van der Waals surface area contributed by atoms with Crippen LogP contribution in [0.5, 0.6) is 0 Å². The molecule has 0 saturated carbocycles. The first kappa shape index (κ1) is 20.0. The van der Waals surface area contributed by atoms with Crippen molar-refractivity contribution in [1.82, 2.24) is 24.6 Å². The van der Waals surface area contributed by atoms with Crippen molar-refractivity contribution in [2.45, 2.75) is 65.1 Å². The SMILES string of the molecule is CCCCn1nc(CC(C)C)c2c(N3C[C@H](N(C)C)C[C@H]3CO)ncnc21. The Morgan fingerprint density at radius 2 is 2.07 bits per heavy atom. The summed E-state index contributed by atoms with van der Waals surface area (Å²) in [5.41, 5.74) is 2.01. The molecule has 7 heteroatoms. The van der Waals surface area contributed by atoms with Crippen molar-refractivity contribution in [2.24, 2.45) is 5.92 Å². The second kappa shape index (κ2) is 8.52. The zero-order chi connectivity index (χ0) is 19.6. The number of rotatable bonds is 8. The van der Waals surface area contributed by atoms with E-state index in [-0.39, 0.29) is 12.6 Å². The van der Waals surface area contributed by atoms with E-state index in [0.717, 1.165) is 61.3 Å². The molecular formula is C20H34N6O. The van der Waals surface area contributed by atoms with Crippen molar-refractivity contribution in [3.8, 4) is 0 Å². The van der Waals surface area contributed by atoms with E-state index in [9.17, 15) is 5.11 Å². The Bertz CT molecular complexity index is 756. The van der Waals surface area contributed by atoms with Crippen molar-refractivity contribution in [3.63, 3.8) is 0 Å². The lowest BCUT2D eigenvalue weighted by Crippen LogP contribution is -2.34. The van der Waals surface area contributed by atoms with Crippen LogP contribution < -0.4 is 4.90 Å². The van der Waals surface area contributed by atoms with Gasteiger partial charge in [0.05, 0.1) is 23.7 Å². The third-order valence-corrected chi connectivity index (χ3v) is 5.51. The van der Waals surface area contributed by atoms with Gasteiger partial charge in [0.1, 0.15) is 12.1 Å². The number of likely N-dealkylation sites (N-methyl/N-ethyl adjacent to an activating group) is 1.